The Hall–Kier alpha value is -1.07. The Morgan fingerprint density at radius 3 is 2.56 bits per heavy atom. The molecule has 2 atom stereocenters. The first-order chi connectivity index (χ1) is 8.39. The largest absolute Gasteiger partial charge is 0.416 e. The third-order valence-electron chi connectivity index (χ3n) is 3.53. The van der Waals surface area contributed by atoms with Crippen LogP contribution in [0.3, 0.4) is 0 Å². The minimum Gasteiger partial charge on any atom is -0.326 e. The zero-order valence-electron chi connectivity index (χ0n) is 10.2. The molecule has 18 heavy (non-hydrogen) atoms. The smallest absolute Gasteiger partial charge is 0.326 e. The van der Waals surface area contributed by atoms with Gasteiger partial charge in [-0.25, -0.2) is 0 Å². The number of rotatable bonds is 1. The highest BCUT2D eigenvalue weighted by Gasteiger charge is 2.37. The van der Waals surface area contributed by atoms with Crippen LogP contribution in [0.25, 0.3) is 0 Å². The second kappa shape index (κ2) is 4.90. The molecule has 1 saturated heterocycles. The molecule has 1 heterocycles. The zero-order valence-corrected chi connectivity index (χ0v) is 10.2. The molecule has 1 aromatic carbocycles. The molecule has 2 N–H and O–H groups in total. The fourth-order valence-electron chi connectivity index (χ4n) is 2.62. The van der Waals surface area contributed by atoms with Gasteiger partial charge < -0.3 is 10.6 Å². The van der Waals surface area contributed by atoms with Gasteiger partial charge in [-0.1, -0.05) is 18.2 Å². The number of nitrogens with two attached hydrogens (primary N) is 1. The van der Waals surface area contributed by atoms with Gasteiger partial charge >= 0.3 is 6.18 Å². The van der Waals surface area contributed by atoms with Gasteiger partial charge in [0.25, 0.3) is 0 Å². The fourth-order valence-corrected chi connectivity index (χ4v) is 2.62. The van der Waals surface area contributed by atoms with Gasteiger partial charge in [0.2, 0.25) is 0 Å². The van der Waals surface area contributed by atoms with Crippen LogP contribution in [0.15, 0.2) is 24.3 Å². The fraction of sp³-hybridized carbons (Fsp3) is 0.538. The van der Waals surface area contributed by atoms with Gasteiger partial charge in [-0.3, -0.25) is 0 Å². The van der Waals surface area contributed by atoms with E-state index in [4.69, 9.17) is 5.73 Å². The number of piperidine rings is 1. The third-order valence-corrected chi connectivity index (χ3v) is 3.53. The molecule has 1 aromatic rings. The van der Waals surface area contributed by atoms with Gasteiger partial charge in [0.1, 0.15) is 0 Å². The van der Waals surface area contributed by atoms with Crippen molar-refractivity contribution in [2.45, 2.75) is 24.6 Å². The lowest BCUT2D eigenvalue weighted by atomic mass is 9.83. The molecule has 0 aromatic heterocycles. The van der Waals surface area contributed by atoms with Crippen LogP contribution in [0.5, 0.6) is 0 Å². The Morgan fingerprint density at radius 2 is 1.94 bits per heavy atom. The maximum atomic E-state index is 13.0. The van der Waals surface area contributed by atoms with Gasteiger partial charge in [0.15, 0.2) is 0 Å². The van der Waals surface area contributed by atoms with E-state index in [9.17, 15) is 13.2 Å². The Kier molecular flexibility index (Phi) is 3.64. The van der Waals surface area contributed by atoms with Crippen LogP contribution in [0, 0.1) is 0 Å². The number of halogens is 3. The summed E-state index contributed by atoms with van der Waals surface area (Å²) < 4.78 is 38.9. The minimum atomic E-state index is -4.31. The molecule has 0 aliphatic carbocycles. The van der Waals surface area contributed by atoms with E-state index in [1.807, 2.05) is 7.05 Å². The van der Waals surface area contributed by atoms with Crippen LogP contribution < -0.4 is 5.73 Å². The van der Waals surface area contributed by atoms with E-state index in [0.717, 1.165) is 12.6 Å². The summed E-state index contributed by atoms with van der Waals surface area (Å²) in [6.07, 6.45) is -3.63. The summed E-state index contributed by atoms with van der Waals surface area (Å²) in [5, 5.41) is 0. The van der Waals surface area contributed by atoms with Crippen molar-refractivity contribution in [2.24, 2.45) is 5.73 Å². The second-order valence-corrected chi connectivity index (χ2v) is 4.91. The van der Waals surface area contributed by atoms with Gasteiger partial charge in [-0.2, -0.15) is 13.2 Å². The maximum absolute atomic E-state index is 13.0. The highest BCUT2D eigenvalue weighted by atomic mass is 19.4. The van der Waals surface area contributed by atoms with E-state index in [2.05, 4.69) is 4.90 Å². The quantitative estimate of drug-likeness (QED) is 0.838. The molecule has 0 saturated carbocycles. The topological polar surface area (TPSA) is 29.3 Å². The third kappa shape index (κ3) is 2.67. The number of benzene rings is 1. The molecule has 1 fully saturated rings. The van der Waals surface area contributed by atoms with Crippen LogP contribution in [-0.2, 0) is 6.18 Å². The molecule has 0 spiro atoms. The molecule has 100 valence electrons. The first-order valence-electron chi connectivity index (χ1n) is 6.00. The lowest BCUT2D eigenvalue weighted by Crippen LogP contribution is -2.46. The standard InChI is InChI=1S/C13H17F3N2/c1-18-7-6-10(12(17)8-18)9-4-2-3-5-11(9)13(14,15)16/h2-5,10,12H,6-8,17H2,1H3. The summed E-state index contributed by atoms with van der Waals surface area (Å²) in [6, 6.07) is 5.52. The molecule has 2 rings (SSSR count). The van der Waals surface area contributed by atoms with Gasteiger partial charge in [-0.05, 0) is 31.6 Å². The van der Waals surface area contributed by atoms with Crippen molar-refractivity contribution in [3.8, 4) is 0 Å². The van der Waals surface area contributed by atoms with E-state index in [1.54, 1.807) is 12.1 Å². The highest BCUT2D eigenvalue weighted by molar-refractivity contribution is 5.34. The number of likely N-dealkylation sites (N-methyl/N-ethyl adjacent to an activating group) is 1. The summed E-state index contributed by atoms with van der Waals surface area (Å²) in [5.41, 5.74) is 5.80. The van der Waals surface area contributed by atoms with Crippen molar-refractivity contribution < 1.29 is 13.2 Å². The monoisotopic (exact) mass is 258 g/mol. The van der Waals surface area contributed by atoms with Crippen molar-refractivity contribution in [1.82, 2.24) is 4.90 Å². The van der Waals surface area contributed by atoms with Crippen LogP contribution in [0.2, 0.25) is 0 Å². The number of alkyl halides is 3. The Bertz CT molecular complexity index is 417. The maximum Gasteiger partial charge on any atom is 0.416 e. The molecule has 0 bridgehead atoms. The van der Waals surface area contributed by atoms with Crippen molar-refractivity contribution in [3.63, 3.8) is 0 Å². The first kappa shape index (κ1) is 13.4. The van der Waals surface area contributed by atoms with Gasteiger partial charge in [0.05, 0.1) is 5.56 Å². The Morgan fingerprint density at radius 1 is 1.28 bits per heavy atom. The number of hydrogen-bond donors (Lipinski definition) is 1. The van der Waals surface area contributed by atoms with Crippen LogP contribution in [0.1, 0.15) is 23.5 Å². The predicted molar refractivity (Wildman–Crippen MR) is 64.3 cm³/mol. The predicted octanol–water partition coefficient (Wildman–Crippen LogP) is 2.45. The summed E-state index contributed by atoms with van der Waals surface area (Å²) >= 11 is 0. The van der Waals surface area contributed by atoms with E-state index < -0.39 is 11.7 Å². The zero-order chi connectivity index (χ0) is 13.3. The number of hydrogen-bond acceptors (Lipinski definition) is 2. The molecular weight excluding hydrogens is 241 g/mol. The number of likely N-dealkylation sites (tertiary alicyclic amines) is 1. The molecule has 0 radical (unpaired) electrons. The highest BCUT2D eigenvalue weighted by Crippen LogP contribution is 2.38. The van der Waals surface area contributed by atoms with Crippen molar-refractivity contribution in [3.05, 3.63) is 35.4 Å². The Balaban J connectivity index is 2.33. The summed E-state index contributed by atoms with van der Waals surface area (Å²) in [4.78, 5) is 2.05. The van der Waals surface area contributed by atoms with Crippen molar-refractivity contribution >= 4 is 0 Å². The Labute approximate surface area is 105 Å². The van der Waals surface area contributed by atoms with E-state index in [0.29, 0.717) is 18.5 Å². The summed E-state index contributed by atoms with van der Waals surface area (Å²) in [7, 11) is 1.94. The lowest BCUT2D eigenvalue weighted by Gasteiger charge is -2.35. The molecular formula is C13H17F3N2. The SMILES string of the molecule is CN1CCC(c2ccccc2C(F)(F)F)C(N)C1. The minimum absolute atomic E-state index is 0.209. The second-order valence-electron chi connectivity index (χ2n) is 4.91. The summed E-state index contributed by atoms with van der Waals surface area (Å²) in [5.74, 6) is -0.209. The molecule has 2 nitrogen and oxygen atoms in total. The first-order valence-corrected chi connectivity index (χ1v) is 6.00. The average molecular weight is 258 g/mol. The van der Waals surface area contributed by atoms with Gasteiger partial charge in [0, 0.05) is 18.5 Å². The van der Waals surface area contributed by atoms with E-state index in [1.165, 1.54) is 6.07 Å². The van der Waals surface area contributed by atoms with Crippen LogP contribution in [0.4, 0.5) is 13.2 Å². The van der Waals surface area contributed by atoms with E-state index >= 15 is 0 Å². The molecule has 1 aliphatic rings. The normalized spacial score (nSPS) is 26.3. The van der Waals surface area contributed by atoms with Crippen molar-refractivity contribution in [2.75, 3.05) is 20.1 Å². The molecule has 5 heteroatoms. The summed E-state index contributed by atoms with van der Waals surface area (Å²) in [6.45, 7) is 1.42. The molecule has 0 amide bonds. The molecule has 1 aliphatic heterocycles. The molecule has 2 unspecified atom stereocenters. The average Bonchev–Trinajstić information content (AvgIpc) is 2.28. The lowest BCUT2D eigenvalue weighted by molar-refractivity contribution is -0.138. The van der Waals surface area contributed by atoms with Gasteiger partial charge in [-0.15, -0.1) is 0 Å². The van der Waals surface area contributed by atoms with Crippen LogP contribution in [-0.4, -0.2) is 31.1 Å². The van der Waals surface area contributed by atoms with Crippen LogP contribution >= 0.6 is 0 Å². The number of nitrogens with zero attached hydrogens (tertiary/aromatic N) is 1. The van der Waals surface area contributed by atoms with Crippen molar-refractivity contribution in [1.29, 1.82) is 0 Å². The van der Waals surface area contributed by atoms with E-state index in [-0.39, 0.29) is 12.0 Å².